The number of carbonyl (C=O) groups excluding carboxylic acids is 4. The number of ether oxygens (including phenoxy) is 2. The SMILES string of the molecule is CCCCCCCCCCCCCCCC(=O)OC[C@H](COP(=O)(O)OC[C@@H](O)CO)OC(=O)CCCC(=O)/C=C/C=O. The molecule has 0 radical (unpaired) electrons. The van der Waals surface area contributed by atoms with Crippen LogP contribution < -0.4 is 0 Å². The Morgan fingerprint density at radius 1 is 0.744 bits per heavy atom. The van der Waals surface area contributed by atoms with Gasteiger partial charge < -0.3 is 24.6 Å². The van der Waals surface area contributed by atoms with E-state index in [1.165, 1.54) is 57.8 Å². The molecule has 12 nitrogen and oxygen atoms in total. The van der Waals surface area contributed by atoms with Gasteiger partial charge in [-0.3, -0.25) is 28.2 Å². The smallest absolute Gasteiger partial charge is 0.462 e. The van der Waals surface area contributed by atoms with Crippen molar-refractivity contribution >= 4 is 31.8 Å². The van der Waals surface area contributed by atoms with E-state index < -0.39 is 58.4 Å². The molecule has 250 valence electrons. The van der Waals surface area contributed by atoms with Gasteiger partial charge in [-0.15, -0.1) is 0 Å². The summed E-state index contributed by atoms with van der Waals surface area (Å²) in [5, 5.41) is 18.1. The van der Waals surface area contributed by atoms with Gasteiger partial charge in [-0.1, -0.05) is 84.0 Å². The van der Waals surface area contributed by atoms with E-state index in [4.69, 9.17) is 19.1 Å². The number of aliphatic hydroxyl groups is 2. The van der Waals surface area contributed by atoms with Crippen LogP contribution in [0.3, 0.4) is 0 Å². The summed E-state index contributed by atoms with van der Waals surface area (Å²) in [6.07, 6.45) is 15.4. The zero-order chi connectivity index (χ0) is 32.2. The monoisotopic (exact) mass is 636 g/mol. The lowest BCUT2D eigenvalue weighted by Gasteiger charge is -2.20. The summed E-state index contributed by atoms with van der Waals surface area (Å²) in [6.45, 7) is -0.220. The van der Waals surface area contributed by atoms with Crippen LogP contribution in [-0.2, 0) is 42.3 Å². The third-order valence-corrected chi connectivity index (χ3v) is 7.39. The Morgan fingerprint density at radius 2 is 1.28 bits per heavy atom. The molecule has 0 saturated heterocycles. The first-order chi connectivity index (χ1) is 20.6. The van der Waals surface area contributed by atoms with Crippen molar-refractivity contribution < 1.29 is 57.4 Å². The molecule has 0 rings (SSSR count). The van der Waals surface area contributed by atoms with Crippen molar-refractivity contribution in [1.82, 2.24) is 0 Å². The topological polar surface area (TPSA) is 183 Å². The second-order valence-corrected chi connectivity index (χ2v) is 12.0. The molecule has 0 heterocycles. The molecule has 3 N–H and O–H groups in total. The zero-order valence-corrected chi connectivity index (χ0v) is 26.6. The minimum Gasteiger partial charge on any atom is -0.462 e. The van der Waals surface area contributed by atoms with Gasteiger partial charge in [0.2, 0.25) is 0 Å². The van der Waals surface area contributed by atoms with Gasteiger partial charge >= 0.3 is 19.8 Å². The number of ketones is 1. The average molecular weight is 637 g/mol. The summed E-state index contributed by atoms with van der Waals surface area (Å²) in [4.78, 5) is 56.1. The van der Waals surface area contributed by atoms with Gasteiger partial charge in [0, 0.05) is 19.3 Å². The summed E-state index contributed by atoms with van der Waals surface area (Å²) < 4.78 is 31.9. The highest BCUT2D eigenvalue weighted by molar-refractivity contribution is 7.47. The Hall–Kier alpha value is -1.95. The maximum Gasteiger partial charge on any atom is 0.472 e. The van der Waals surface area contributed by atoms with Crippen LogP contribution >= 0.6 is 7.82 Å². The minimum absolute atomic E-state index is 0.00157. The van der Waals surface area contributed by atoms with E-state index in [2.05, 4.69) is 11.4 Å². The first-order valence-corrected chi connectivity index (χ1v) is 17.0. The van der Waals surface area contributed by atoms with E-state index in [1.54, 1.807) is 0 Å². The highest BCUT2D eigenvalue weighted by Crippen LogP contribution is 2.43. The van der Waals surface area contributed by atoms with Gasteiger partial charge in [0.05, 0.1) is 19.8 Å². The number of aldehydes is 1. The number of aliphatic hydroxyl groups excluding tert-OH is 2. The quantitative estimate of drug-likeness (QED) is 0.0319. The number of rotatable bonds is 30. The third kappa shape index (κ3) is 27.3. The molecule has 3 atom stereocenters. The molecule has 0 spiro atoms. The number of esters is 2. The predicted octanol–water partition coefficient (Wildman–Crippen LogP) is 4.90. The van der Waals surface area contributed by atoms with Gasteiger partial charge in [0.15, 0.2) is 11.9 Å². The Bertz CT molecular complexity index is 832. The van der Waals surface area contributed by atoms with E-state index in [0.29, 0.717) is 12.7 Å². The number of phosphoric acid groups is 1. The molecule has 0 amide bonds. The lowest BCUT2D eigenvalue weighted by Crippen LogP contribution is -2.30. The summed E-state index contributed by atoms with van der Waals surface area (Å²) in [5.41, 5.74) is 0. The van der Waals surface area contributed by atoms with Crippen molar-refractivity contribution in [3.8, 4) is 0 Å². The largest absolute Gasteiger partial charge is 0.472 e. The van der Waals surface area contributed by atoms with Crippen LogP contribution in [0, 0.1) is 0 Å². The first-order valence-electron chi connectivity index (χ1n) is 15.5. The molecular formula is C30H53O12P. The van der Waals surface area contributed by atoms with Gasteiger partial charge in [0.1, 0.15) is 19.0 Å². The number of hydrogen-bond acceptors (Lipinski definition) is 11. The van der Waals surface area contributed by atoms with Gasteiger partial charge in [-0.05, 0) is 25.0 Å². The second kappa shape index (κ2) is 27.6. The van der Waals surface area contributed by atoms with Crippen LogP contribution in [-0.4, -0.2) is 77.7 Å². The van der Waals surface area contributed by atoms with Crippen LogP contribution in [0.4, 0.5) is 0 Å². The van der Waals surface area contributed by atoms with Gasteiger partial charge in [-0.2, -0.15) is 0 Å². The maximum atomic E-state index is 12.3. The summed E-state index contributed by atoms with van der Waals surface area (Å²) >= 11 is 0. The maximum absolute atomic E-state index is 12.3. The van der Waals surface area contributed by atoms with Crippen molar-refractivity contribution in [2.24, 2.45) is 0 Å². The molecule has 0 saturated carbocycles. The van der Waals surface area contributed by atoms with Crippen molar-refractivity contribution in [2.45, 2.75) is 128 Å². The van der Waals surface area contributed by atoms with Crippen molar-refractivity contribution in [1.29, 1.82) is 0 Å². The Morgan fingerprint density at radius 3 is 1.84 bits per heavy atom. The standard InChI is InChI=1S/C30H53O12P/c1-2-3-4-5-6-7-8-9-10-11-12-13-14-19-29(35)39-24-28(25-41-43(37,38)40-23-27(34)22-32)42-30(36)20-15-17-26(33)18-16-21-31/h16,18,21,27-28,32,34H,2-15,17,19-20,22-25H2,1H3,(H,37,38)/b18-16+/t27-,28+/m0/s1. The molecule has 0 aliphatic rings. The highest BCUT2D eigenvalue weighted by atomic mass is 31.2. The summed E-state index contributed by atoms with van der Waals surface area (Å²) in [6, 6.07) is 0. The summed E-state index contributed by atoms with van der Waals surface area (Å²) in [7, 11) is -4.68. The predicted molar refractivity (Wildman–Crippen MR) is 160 cm³/mol. The van der Waals surface area contributed by atoms with Gasteiger partial charge in [0.25, 0.3) is 0 Å². The molecule has 0 aliphatic carbocycles. The van der Waals surface area contributed by atoms with Crippen LogP contribution in [0.2, 0.25) is 0 Å². The fourth-order valence-corrected chi connectivity index (χ4v) is 4.78. The minimum atomic E-state index is -4.68. The van der Waals surface area contributed by atoms with E-state index in [0.717, 1.165) is 31.4 Å². The molecule has 0 aromatic heterocycles. The van der Waals surface area contributed by atoms with E-state index in [-0.39, 0.29) is 31.5 Å². The second-order valence-electron chi connectivity index (χ2n) is 10.5. The fourth-order valence-electron chi connectivity index (χ4n) is 3.99. The number of hydrogen-bond donors (Lipinski definition) is 3. The molecule has 0 fully saturated rings. The number of unbranched alkanes of at least 4 members (excludes halogenated alkanes) is 12. The Kier molecular flexibility index (Phi) is 26.3. The average Bonchev–Trinajstić information content (AvgIpc) is 2.98. The van der Waals surface area contributed by atoms with Crippen molar-refractivity contribution in [2.75, 3.05) is 26.4 Å². The Labute approximate surface area is 256 Å². The van der Waals surface area contributed by atoms with E-state index in [9.17, 15) is 33.7 Å². The normalized spacial score (nSPS) is 14.2. The van der Waals surface area contributed by atoms with Crippen LogP contribution in [0.15, 0.2) is 12.2 Å². The molecular weight excluding hydrogens is 583 g/mol. The van der Waals surface area contributed by atoms with Crippen molar-refractivity contribution in [3.63, 3.8) is 0 Å². The van der Waals surface area contributed by atoms with E-state index in [1.807, 2.05) is 0 Å². The molecule has 0 aromatic rings. The van der Waals surface area contributed by atoms with Crippen LogP contribution in [0.1, 0.15) is 116 Å². The number of phosphoric ester groups is 1. The lowest BCUT2D eigenvalue weighted by atomic mass is 10.0. The van der Waals surface area contributed by atoms with Crippen LogP contribution in [0.5, 0.6) is 0 Å². The number of allylic oxidation sites excluding steroid dienone is 2. The molecule has 13 heteroatoms. The molecule has 1 unspecified atom stereocenters. The van der Waals surface area contributed by atoms with Crippen molar-refractivity contribution in [3.05, 3.63) is 12.2 Å². The van der Waals surface area contributed by atoms with Crippen LogP contribution in [0.25, 0.3) is 0 Å². The summed E-state index contributed by atoms with van der Waals surface area (Å²) in [5.74, 6) is -1.60. The Balaban J connectivity index is 4.44. The van der Waals surface area contributed by atoms with Gasteiger partial charge in [-0.25, -0.2) is 4.57 Å². The molecule has 43 heavy (non-hydrogen) atoms. The molecule has 0 aliphatic heterocycles. The first kappa shape index (κ1) is 41.0. The van der Waals surface area contributed by atoms with E-state index >= 15 is 0 Å². The highest BCUT2D eigenvalue weighted by Gasteiger charge is 2.27. The zero-order valence-electron chi connectivity index (χ0n) is 25.7. The third-order valence-electron chi connectivity index (χ3n) is 6.44. The fraction of sp³-hybridized carbons (Fsp3) is 0.800. The number of carbonyl (C=O) groups is 4. The molecule has 0 aromatic carbocycles. The lowest BCUT2D eigenvalue weighted by molar-refractivity contribution is -0.161. The molecule has 0 bridgehead atoms.